The third-order valence-electron chi connectivity index (χ3n) is 3.69. The highest BCUT2D eigenvalue weighted by Crippen LogP contribution is 2.32. The van der Waals surface area contributed by atoms with E-state index >= 15 is 0 Å². The number of nitrogens with one attached hydrogen (secondary N) is 2. The number of amidine groups is 1. The molecule has 3 heterocycles. The number of hydrogen-bond donors (Lipinski definition) is 2. The van der Waals surface area contributed by atoms with Crippen LogP contribution in [0.3, 0.4) is 0 Å². The van der Waals surface area contributed by atoms with Gasteiger partial charge in [0.1, 0.15) is 6.61 Å². The van der Waals surface area contributed by atoms with Crippen molar-refractivity contribution in [3.63, 3.8) is 0 Å². The summed E-state index contributed by atoms with van der Waals surface area (Å²) < 4.78 is 30.2. The Kier molecular flexibility index (Phi) is 4.43. The molecule has 0 unspecified atom stereocenters. The maximum atomic E-state index is 14.0. The number of rotatable bonds is 5. The SMILES string of the molecule is FC1=C(NCc2ccc3c(c2)OCO3)N=C(OCc2cccs2)NC1. The molecule has 2 aliphatic heterocycles. The van der Waals surface area contributed by atoms with Gasteiger partial charge in [0.2, 0.25) is 6.79 Å². The van der Waals surface area contributed by atoms with E-state index in [1.54, 1.807) is 11.3 Å². The first-order valence-corrected chi connectivity index (χ1v) is 8.65. The van der Waals surface area contributed by atoms with Crippen molar-refractivity contribution < 1.29 is 18.6 Å². The lowest BCUT2D eigenvalue weighted by molar-refractivity contribution is 0.174. The summed E-state index contributed by atoms with van der Waals surface area (Å²) in [5.74, 6) is 1.24. The van der Waals surface area contributed by atoms with Gasteiger partial charge in [-0.1, -0.05) is 12.1 Å². The van der Waals surface area contributed by atoms with Crippen LogP contribution in [0.15, 0.2) is 52.4 Å². The van der Waals surface area contributed by atoms with Gasteiger partial charge >= 0.3 is 0 Å². The lowest BCUT2D eigenvalue weighted by atomic mass is 10.2. The minimum Gasteiger partial charge on any atom is -0.459 e. The van der Waals surface area contributed by atoms with Gasteiger partial charge in [-0.05, 0) is 29.1 Å². The molecular formula is C17H16FN3O3S. The van der Waals surface area contributed by atoms with Gasteiger partial charge in [0.15, 0.2) is 23.1 Å². The van der Waals surface area contributed by atoms with E-state index in [9.17, 15) is 4.39 Å². The molecule has 0 atom stereocenters. The highest BCUT2D eigenvalue weighted by atomic mass is 32.1. The molecule has 0 fully saturated rings. The molecule has 0 radical (unpaired) electrons. The quantitative estimate of drug-likeness (QED) is 0.857. The zero-order valence-corrected chi connectivity index (χ0v) is 14.1. The van der Waals surface area contributed by atoms with Gasteiger partial charge in [-0.2, -0.15) is 4.99 Å². The van der Waals surface area contributed by atoms with Crippen LogP contribution in [0.25, 0.3) is 0 Å². The summed E-state index contributed by atoms with van der Waals surface area (Å²) in [7, 11) is 0. The van der Waals surface area contributed by atoms with E-state index in [2.05, 4.69) is 15.6 Å². The number of fused-ring (bicyclic) bond motifs is 1. The third-order valence-corrected chi connectivity index (χ3v) is 4.54. The van der Waals surface area contributed by atoms with Crippen LogP contribution in [-0.2, 0) is 17.9 Å². The summed E-state index contributed by atoms with van der Waals surface area (Å²) >= 11 is 1.60. The van der Waals surface area contributed by atoms with E-state index in [1.807, 2.05) is 35.7 Å². The molecule has 4 rings (SSSR count). The van der Waals surface area contributed by atoms with E-state index in [0.717, 1.165) is 16.2 Å². The second-order valence-corrected chi connectivity index (χ2v) is 6.47. The molecule has 0 spiro atoms. The molecule has 0 amide bonds. The van der Waals surface area contributed by atoms with Crippen molar-refractivity contribution in [2.24, 2.45) is 4.99 Å². The van der Waals surface area contributed by atoms with Crippen molar-refractivity contribution in [1.82, 2.24) is 10.6 Å². The highest BCUT2D eigenvalue weighted by Gasteiger charge is 2.17. The first-order valence-electron chi connectivity index (χ1n) is 7.77. The Morgan fingerprint density at radius 1 is 1.28 bits per heavy atom. The Bertz CT molecular complexity index is 821. The van der Waals surface area contributed by atoms with Crippen molar-refractivity contribution in [1.29, 1.82) is 0 Å². The maximum Gasteiger partial charge on any atom is 0.292 e. The van der Waals surface area contributed by atoms with Gasteiger partial charge < -0.3 is 24.8 Å². The molecule has 6 nitrogen and oxygen atoms in total. The zero-order valence-electron chi connectivity index (χ0n) is 13.3. The lowest BCUT2D eigenvalue weighted by Crippen LogP contribution is -2.33. The Labute approximate surface area is 147 Å². The summed E-state index contributed by atoms with van der Waals surface area (Å²) in [6, 6.07) is 9.85. The van der Waals surface area contributed by atoms with E-state index in [4.69, 9.17) is 14.2 Å². The molecule has 0 aliphatic carbocycles. The molecule has 0 bridgehead atoms. The number of thiophene rings is 1. The summed E-state index contributed by atoms with van der Waals surface area (Å²) in [6.07, 6.45) is 0. The van der Waals surface area contributed by atoms with E-state index in [-0.39, 0.29) is 25.0 Å². The predicted octanol–water partition coefficient (Wildman–Crippen LogP) is 2.88. The van der Waals surface area contributed by atoms with Gasteiger partial charge in [0, 0.05) is 11.4 Å². The van der Waals surface area contributed by atoms with Crippen molar-refractivity contribution in [2.45, 2.75) is 13.2 Å². The van der Waals surface area contributed by atoms with E-state index in [0.29, 0.717) is 24.9 Å². The molecule has 2 aromatic rings. The van der Waals surface area contributed by atoms with Crippen LogP contribution in [-0.4, -0.2) is 19.4 Å². The molecule has 25 heavy (non-hydrogen) atoms. The lowest BCUT2D eigenvalue weighted by Gasteiger charge is -2.18. The van der Waals surface area contributed by atoms with E-state index < -0.39 is 0 Å². The van der Waals surface area contributed by atoms with Crippen LogP contribution in [0.4, 0.5) is 4.39 Å². The Balaban J connectivity index is 1.38. The van der Waals surface area contributed by atoms with Crippen LogP contribution >= 0.6 is 11.3 Å². The Morgan fingerprint density at radius 2 is 2.20 bits per heavy atom. The summed E-state index contributed by atoms with van der Waals surface area (Å²) in [5, 5.41) is 7.80. The fraction of sp³-hybridized carbons (Fsp3) is 0.235. The molecule has 0 saturated heterocycles. The van der Waals surface area contributed by atoms with Gasteiger partial charge in [-0.15, -0.1) is 11.3 Å². The second-order valence-electron chi connectivity index (χ2n) is 5.43. The molecular weight excluding hydrogens is 345 g/mol. The minimum atomic E-state index is -0.357. The van der Waals surface area contributed by atoms with Crippen molar-refractivity contribution in [2.75, 3.05) is 13.3 Å². The molecule has 2 N–H and O–H groups in total. The van der Waals surface area contributed by atoms with Gasteiger partial charge in [0.05, 0.1) is 6.54 Å². The maximum absolute atomic E-state index is 14.0. The number of halogens is 1. The number of hydrogen-bond acceptors (Lipinski definition) is 7. The molecule has 1 aromatic carbocycles. The number of aliphatic imine (C=N–C) groups is 1. The first kappa shape index (κ1) is 15.8. The standard InChI is InChI=1S/C17H16FN3O3S/c18-13-8-20-17(22-9-12-2-1-5-25-12)21-16(13)19-7-11-3-4-14-15(6-11)24-10-23-14/h1-6,19H,7-10H2,(H,20,21). The molecule has 0 saturated carbocycles. The Hall–Kier alpha value is -2.74. The Morgan fingerprint density at radius 3 is 3.08 bits per heavy atom. The zero-order chi connectivity index (χ0) is 17.1. The minimum absolute atomic E-state index is 0.0484. The number of ether oxygens (including phenoxy) is 3. The first-order chi connectivity index (χ1) is 12.3. The average Bonchev–Trinajstić information content (AvgIpc) is 3.31. The van der Waals surface area contributed by atoms with Crippen LogP contribution in [0.1, 0.15) is 10.4 Å². The van der Waals surface area contributed by atoms with Crippen LogP contribution in [0.5, 0.6) is 11.5 Å². The summed E-state index contributed by atoms with van der Waals surface area (Å²) in [4.78, 5) is 5.25. The fourth-order valence-corrected chi connectivity index (χ4v) is 3.04. The number of benzene rings is 1. The van der Waals surface area contributed by atoms with E-state index in [1.165, 1.54) is 0 Å². The summed E-state index contributed by atoms with van der Waals surface area (Å²) in [6.45, 7) is 1.10. The molecule has 2 aliphatic rings. The monoisotopic (exact) mass is 361 g/mol. The van der Waals surface area contributed by atoms with Crippen molar-refractivity contribution in [3.05, 3.63) is 57.8 Å². The fourth-order valence-electron chi connectivity index (χ4n) is 2.43. The van der Waals surface area contributed by atoms with Crippen LogP contribution < -0.4 is 20.1 Å². The van der Waals surface area contributed by atoms with Gasteiger partial charge in [0.25, 0.3) is 6.02 Å². The van der Waals surface area contributed by atoms with Crippen molar-refractivity contribution >= 4 is 17.4 Å². The van der Waals surface area contributed by atoms with Gasteiger partial charge in [-0.25, -0.2) is 4.39 Å². The largest absolute Gasteiger partial charge is 0.459 e. The summed E-state index contributed by atoms with van der Waals surface area (Å²) in [5.41, 5.74) is 0.944. The average molecular weight is 361 g/mol. The molecule has 8 heteroatoms. The highest BCUT2D eigenvalue weighted by molar-refractivity contribution is 7.09. The second kappa shape index (κ2) is 7.02. The third kappa shape index (κ3) is 3.69. The normalized spacial score (nSPS) is 15.6. The smallest absolute Gasteiger partial charge is 0.292 e. The van der Waals surface area contributed by atoms with Crippen LogP contribution in [0.2, 0.25) is 0 Å². The topological polar surface area (TPSA) is 64.1 Å². The van der Waals surface area contributed by atoms with Crippen molar-refractivity contribution in [3.8, 4) is 11.5 Å². The predicted molar refractivity (Wildman–Crippen MR) is 92.1 cm³/mol. The molecule has 130 valence electrons. The van der Waals surface area contributed by atoms with Gasteiger partial charge in [-0.3, -0.25) is 0 Å². The van der Waals surface area contributed by atoms with Crippen LogP contribution in [0, 0.1) is 0 Å². The number of nitrogens with zero attached hydrogens (tertiary/aromatic N) is 1. The molecule has 1 aromatic heterocycles.